The molecule has 0 bridgehead atoms. The summed E-state index contributed by atoms with van der Waals surface area (Å²) in [5, 5.41) is 9.46. The highest BCUT2D eigenvalue weighted by molar-refractivity contribution is 6.30. The van der Waals surface area contributed by atoms with Gasteiger partial charge in [-0.1, -0.05) is 11.6 Å². The smallest absolute Gasteiger partial charge is 0.306 e. The lowest BCUT2D eigenvalue weighted by atomic mass is 10.2. The predicted molar refractivity (Wildman–Crippen MR) is 89.2 cm³/mol. The number of carbonyl (C=O) groups excluding carboxylic acids is 1. The lowest BCUT2D eigenvalue weighted by molar-refractivity contribution is -0.147. The normalized spacial score (nSPS) is 17.5. The Morgan fingerprint density at radius 2 is 2.08 bits per heavy atom. The van der Waals surface area contributed by atoms with Gasteiger partial charge < -0.3 is 19.2 Å². The number of carboxylic acid groups (broad SMARTS) is 1. The number of hydrogen-bond acceptors (Lipinski definition) is 5. The van der Waals surface area contributed by atoms with Gasteiger partial charge in [-0.2, -0.15) is 0 Å². The van der Waals surface area contributed by atoms with Gasteiger partial charge in [0, 0.05) is 23.7 Å². The van der Waals surface area contributed by atoms with Crippen LogP contribution in [0.3, 0.4) is 0 Å². The Balaban J connectivity index is 1.61. The van der Waals surface area contributed by atoms with E-state index in [4.69, 9.17) is 25.9 Å². The van der Waals surface area contributed by atoms with Gasteiger partial charge in [-0.15, -0.1) is 0 Å². The van der Waals surface area contributed by atoms with E-state index in [-0.39, 0.29) is 25.3 Å². The van der Waals surface area contributed by atoms with Crippen molar-refractivity contribution in [1.29, 1.82) is 0 Å². The number of benzene rings is 1. The molecule has 1 atom stereocenters. The van der Waals surface area contributed by atoms with Gasteiger partial charge in [0.15, 0.2) is 0 Å². The molecule has 2 heterocycles. The first-order valence-electron chi connectivity index (χ1n) is 7.83. The van der Waals surface area contributed by atoms with Crippen LogP contribution < -0.4 is 0 Å². The molecule has 0 radical (unpaired) electrons. The summed E-state index contributed by atoms with van der Waals surface area (Å²) < 4.78 is 10.8. The predicted octanol–water partition coefficient (Wildman–Crippen LogP) is 2.24. The topological polar surface area (TPSA) is 92.9 Å². The molecule has 0 spiro atoms. The van der Waals surface area contributed by atoms with Crippen LogP contribution >= 0.6 is 11.6 Å². The minimum Gasteiger partial charge on any atom is -0.481 e. The van der Waals surface area contributed by atoms with Crippen LogP contribution in [-0.2, 0) is 20.7 Å². The summed E-state index contributed by atoms with van der Waals surface area (Å²) in [6.07, 6.45) is 0.958. The molecule has 7 nitrogen and oxygen atoms in total. The van der Waals surface area contributed by atoms with Crippen LogP contribution in [0.2, 0.25) is 5.02 Å². The van der Waals surface area contributed by atoms with Crippen LogP contribution in [0.1, 0.15) is 12.1 Å². The van der Waals surface area contributed by atoms with Crippen molar-refractivity contribution >= 4 is 23.5 Å². The summed E-state index contributed by atoms with van der Waals surface area (Å²) in [7, 11) is 0. The molecular weight excluding hydrogens is 348 g/mol. The van der Waals surface area contributed by atoms with E-state index in [9.17, 15) is 9.59 Å². The number of halogens is 1. The lowest BCUT2D eigenvalue weighted by Gasteiger charge is -2.32. The molecule has 1 saturated heterocycles. The van der Waals surface area contributed by atoms with Crippen LogP contribution in [-0.4, -0.2) is 52.7 Å². The van der Waals surface area contributed by atoms with E-state index >= 15 is 0 Å². The van der Waals surface area contributed by atoms with Gasteiger partial charge in [0.05, 0.1) is 31.2 Å². The SMILES string of the molecule is O=C(O)C[C@@H]1CN(C(=O)Cc2coc(-c3ccc(Cl)cc3)n2)CCO1. The first-order chi connectivity index (χ1) is 12.0. The second-order valence-corrected chi connectivity index (χ2v) is 6.19. The van der Waals surface area contributed by atoms with Crippen molar-refractivity contribution < 1.29 is 23.8 Å². The van der Waals surface area contributed by atoms with E-state index < -0.39 is 12.1 Å². The third kappa shape index (κ3) is 4.58. The van der Waals surface area contributed by atoms with Crippen molar-refractivity contribution in [2.75, 3.05) is 19.7 Å². The van der Waals surface area contributed by atoms with Gasteiger partial charge >= 0.3 is 5.97 Å². The number of aliphatic carboxylic acids is 1. The van der Waals surface area contributed by atoms with Crippen molar-refractivity contribution in [3.63, 3.8) is 0 Å². The first kappa shape index (κ1) is 17.4. The van der Waals surface area contributed by atoms with Crippen LogP contribution in [0, 0.1) is 0 Å². The standard InChI is InChI=1S/C17H17ClN2O5/c18-12-3-1-11(2-4-12)17-19-13(10-25-17)7-15(21)20-5-6-24-14(9-20)8-16(22)23/h1-4,10,14H,5-9H2,(H,22,23)/t14-/m1/s1. The number of morpholine rings is 1. The van der Waals surface area contributed by atoms with E-state index in [1.807, 2.05) is 0 Å². The molecule has 1 N–H and O–H groups in total. The van der Waals surface area contributed by atoms with E-state index in [1.54, 1.807) is 29.2 Å². The quantitative estimate of drug-likeness (QED) is 0.874. The van der Waals surface area contributed by atoms with Gasteiger partial charge in [0.25, 0.3) is 0 Å². The molecule has 0 unspecified atom stereocenters. The zero-order valence-electron chi connectivity index (χ0n) is 13.4. The molecule has 25 heavy (non-hydrogen) atoms. The largest absolute Gasteiger partial charge is 0.481 e. The fourth-order valence-corrected chi connectivity index (χ4v) is 2.77. The minimum atomic E-state index is -0.941. The van der Waals surface area contributed by atoms with Crippen LogP contribution in [0.4, 0.5) is 0 Å². The van der Waals surface area contributed by atoms with Gasteiger partial charge in [-0.25, -0.2) is 4.98 Å². The van der Waals surface area contributed by atoms with E-state index in [1.165, 1.54) is 6.26 Å². The van der Waals surface area contributed by atoms with Gasteiger partial charge in [0.2, 0.25) is 11.8 Å². The number of oxazole rings is 1. The summed E-state index contributed by atoms with van der Waals surface area (Å²) in [6.45, 7) is 1.04. The maximum absolute atomic E-state index is 12.4. The van der Waals surface area contributed by atoms with Gasteiger partial charge in [-0.3, -0.25) is 9.59 Å². The summed E-state index contributed by atoms with van der Waals surface area (Å²) in [4.78, 5) is 29.1. The van der Waals surface area contributed by atoms with Crippen molar-refractivity contribution in [2.45, 2.75) is 18.9 Å². The fraction of sp³-hybridized carbons (Fsp3) is 0.353. The minimum absolute atomic E-state index is 0.0941. The number of rotatable bonds is 5. The molecule has 1 fully saturated rings. The highest BCUT2D eigenvalue weighted by atomic mass is 35.5. The van der Waals surface area contributed by atoms with E-state index in [0.29, 0.717) is 29.8 Å². The molecule has 1 aromatic heterocycles. The molecular formula is C17H17ClN2O5. The Morgan fingerprint density at radius 3 is 2.80 bits per heavy atom. The monoisotopic (exact) mass is 364 g/mol. The highest BCUT2D eigenvalue weighted by Crippen LogP contribution is 2.21. The summed E-state index contributed by atoms with van der Waals surface area (Å²) in [5.74, 6) is -0.650. The maximum atomic E-state index is 12.4. The average molecular weight is 365 g/mol. The Kier molecular flexibility index (Phi) is 5.35. The van der Waals surface area contributed by atoms with E-state index in [2.05, 4.69) is 4.98 Å². The fourth-order valence-electron chi connectivity index (χ4n) is 2.64. The van der Waals surface area contributed by atoms with Crippen LogP contribution in [0.5, 0.6) is 0 Å². The molecule has 2 aromatic rings. The molecule has 3 rings (SSSR count). The number of amides is 1. The number of hydrogen-bond donors (Lipinski definition) is 1. The van der Waals surface area contributed by atoms with Crippen molar-refractivity contribution in [2.24, 2.45) is 0 Å². The third-order valence-corrected chi connectivity index (χ3v) is 4.12. The Morgan fingerprint density at radius 1 is 1.32 bits per heavy atom. The molecule has 0 saturated carbocycles. The second-order valence-electron chi connectivity index (χ2n) is 5.76. The van der Waals surface area contributed by atoms with Crippen molar-refractivity contribution in [3.05, 3.63) is 41.2 Å². The zero-order valence-corrected chi connectivity index (χ0v) is 14.1. The summed E-state index contributed by atoms with van der Waals surface area (Å²) >= 11 is 5.85. The first-order valence-corrected chi connectivity index (χ1v) is 8.20. The molecule has 1 amide bonds. The number of aromatic nitrogens is 1. The second kappa shape index (κ2) is 7.67. The van der Waals surface area contributed by atoms with Gasteiger partial charge in [0.1, 0.15) is 6.26 Å². The highest BCUT2D eigenvalue weighted by Gasteiger charge is 2.26. The molecule has 0 aliphatic carbocycles. The number of nitrogens with zero attached hydrogens (tertiary/aromatic N) is 2. The summed E-state index contributed by atoms with van der Waals surface area (Å²) in [6, 6.07) is 7.06. The van der Waals surface area contributed by atoms with Crippen molar-refractivity contribution in [3.8, 4) is 11.5 Å². The lowest BCUT2D eigenvalue weighted by Crippen LogP contribution is -2.46. The molecule has 8 heteroatoms. The van der Waals surface area contributed by atoms with Gasteiger partial charge in [-0.05, 0) is 24.3 Å². The molecule has 1 aliphatic rings. The number of carbonyl (C=O) groups is 2. The molecule has 132 valence electrons. The third-order valence-electron chi connectivity index (χ3n) is 3.87. The molecule has 1 aliphatic heterocycles. The number of carboxylic acids is 1. The maximum Gasteiger partial charge on any atom is 0.306 e. The zero-order chi connectivity index (χ0) is 17.8. The Labute approximate surface area is 149 Å². The average Bonchev–Trinajstić information content (AvgIpc) is 3.03. The van der Waals surface area contributed by atoms with Crippen LogP contribution in [0.25, 0.3) is 11.5 Å². The summed E-state index contributed by atoms with van der Waals surface area (Å²) in [5.41, 5.74) is 1.30. The molecule has 1 aromatic carbocycles. The van der Waals surface area contributed by atoms with E-state index in [0.717, 1.165) is 5.56 Å². The van der Waals surface area contributed by atoms with Crippen molar-refractivity contribution in [1.82, 2.24) is 9.88 Å². The van der Waals surface area contributed by atoms with Crippen LogP contribution in [0.15, 0.2) is 34.9 Å². The Bertz CT molecular complexity index is 759. The Hall–Kier alpha value is -2.38. The number of ether oxygens (including phenoxy) is 1.